The molecule has 0 radical (unpaired) electrons. The van der Waals surface area contributed by atoms with Crippen LogP contribution in [0.2, 0.25) is 5.02 Å². The zero-order valence-electron chi connectivity index (χ0n) is 10.1. The number of hydrogen-bond acceptors (Lipinski definition) is 3. The summed E-state index contributed by atoms with van der Waals surface area (Å²) in [7, 11) is 0. The predicted molar refractivity (Wildman–Crippen MR) is 71.5 cm³/mol. The molecule has 1 aromatic rings. The Bertz CT molecular complexity index is 431. The fourth-order valence-corrected chi connectivity index (χ4v) is 2.13. The Labute approximate surface area is 112 Å². The van der Waals surface area contributed by atoms with E-state index in [2.05, 4.69) is 0 Å². The second kappa shape index (κ2) is 6.07. The summed E-state index contributed by atoms with van der Waals surface area (Å²) < 4.78 is 11.1. The maximum Gasteiger partial charge on any atom is 0.130 e. The largest absolute Gasteiger partial charge is 0.493 e. The highest BCUT2D eigenvalue weighted by Crippen LogP contribution is 2.24. The third-order valence-electron chi connectivity index (χ3n) is 3.05. The number of nitrogen functional groups attached to an aromatic ring is 1. The molecule has 5 heteroatoms. The number of halogens is 1. The van der Waals surface area contributed by atoms with Crippen molar-refractivity contribution >= 4 is 17.4 Å². The zero-order chi connectivity index (χ0) is 13.0. The van der Waals surface area contributed by atoms with Gasteiger partial charge in [-0.15, -0.1) is 0 Å². The summed E-state index contributed by atoms with van der Waals surface area (Å²) in [5.41, 5.74) is 6.07. The number of rotatable bonds is 4. The molecule has 0 spiro atoms. The molecular formula is C13H17ClN2O2. The highest BCUT2D eigenvalue weighted by atomic mass is 35.5. The normalized spacial score (nSPS) is 16.5. The van der Waals surface area contributed by atoms with E-state index in [9.17, 15) is 0 Å². The molecule has 4 nitrogen and oxygen atoms in total. The van der Waals surface area contributed by atoms with Gasteiger partial charge in [0.2, 0.25) is 0 Å². The molecule has 98 valence electrons. The third-order valence-corrected chi connectivity index (χ3v) is 3.28. The van der Waals surface area contributed by atoms with Gasteiger partial charge in [-0.25, -0.2) is 0 Å². The van der Waals surface area contributed by atoms with Crippen LogP contribution in [0.4, 0.5) is 0 Å². The lowest BCUT2D eigenvalue weighted by Crippen LogP contribution is -2.22. The number of benzene rings is 1. The number of nitrogens with one attached hydrogen (secondary N) is 1. The number of amidine groups is 1. The Morgan fingerprint density at radius 3 is 2.83 bits per heavy atom. The first-order chi connectivity index (χ1) is 8.66. The van der Waals surface area contributed by atoms with Crippen LogP contribution in [-0.4, -0.2) is 25.7 Å². The molecule has 18 heavy (non-hydrogen) atoms. The molecule has 1 aromatic carbocycles. The monoisotopic (exact) mass is 268 g/mol. The van der Waals surface area contributed by atoms with Crippen molar-refractivity contribution in [1.82, 2.24) is 0 Å². The van der Waals surface area contributed by atoms with Crippen molar-refractivity contribution in [3.05, 3.63) is 28.8 Å². The molecule has 0 saturated carbocycles. The van der Waals surface area contributed by atoms with Crippen molar-refractivity contribution in [1.29, 1.82) is 5.41 Å². The summed E-state index contributed by atoms with van der Waals surface area (Å²) in [6.07, 6.45) is 2.03. The second-order valence-electron chi connectivity index (χ2n) is 4.42. The van der Waals surface area contributed by atoms with Crippen LogP contribution in [-0.2, 0) is 4.74 Å². The minimum Gasteiger partial charge on any atom is -0.493 e. The molecule has 0 amide bonds. The SMILES string of the molecule is N=C(N)c1cc(Cl)ccc1OCC1CCOCC1. The van der Waals surface area contributed by atoms with E-state index < -0.39 is 0 Å². The van der Waals surface area contributed by atoms with E-state index in [-0.39, 0.29) is 5.84 Å². The molecule has 0 aliphatic carbocycles. The molecular weight excluding hydrogens is 252 g/mol. The van der Waals surface area contributed by atoms with Crippen LogP contribution in [0, 0.1) is 11.3 Å². The van der Waals surface area contributed by atoms with Crippen LogP contribution in [0.3, 0.4) is 0 Å². The third kappa shape index (κ3) is 3.37. The van der Waals surface area contributed by atoms with E-state index in [0.29, 0.717) is 28.9 Å². The molecule has 0 bridgehead atoms. The van der Waals surface area contributed by atoms with E-state index >= 15 is 0 Å². The maximum atomic E-state index is 7.51. The first-order valence-corrected chi connectivity index (χ1v) is 6.39. The van der Waals surface area contributed by atoms with E-state index in [1.807, 2.05) is 0 Å². The lowest BCUT2D eigenvalue weighted by atomic mass is 10.0. The molecule has 0 aromatic heterocycles. The van der Waals surface area contributed by atoms with Gasteiger partial charge in [-0.05, 0) is 37.0 Å². The smallest absolute Gasteiger partial charge is 0.130 e. The fourth-order valence-electron chi connectivity index (χ4n) is 1.96. The number of nitrogens with two attached hydrogens (primary N) is 1. The van der Waals surface area contributed by atoms with E-state index in [0.717, 1.165) is 26.1 Å². The number of ether oxygens (including phenoxy) is 2. The van der Waals surface area contributed by atoms with Gasteiger partial charge in [0, 0.05) is 18.2 Å². The summed E-state index contributed by atoms with van der Waals surface area (Å²) in [5, 5.41) is 8.07. The van der Waals surface area contributed by atoms with Crippen molar-refractivity contribution in [2.24, 2.45) is 11.7 Å². The predicted octanol–water partition coefficient (Wildman–Crippen LogP) is 2.43. The van der Waals surface area contributed by atoms with Crippen LogP contribution in [0.15, 0.2) is 18.2 Å². The molecule has 2 rings (SSSR count). The van der Waals surface area contributed by atoms with Crippen LogP contribution >= 0.6 is 11.6 Å². The molecule has 0 unspecified atom stereocenters. The van der Waals surface area contributed by atoms with Gasteiger partial charge in [0.15, 0.2) is 0 Å². The Hall–Kier alpha value is -1.26. The van der Waals surface area contributed by atoms with Crippen LogP contribution in [0.1, 0.15) is 18.4 Å². The van der Waals surface area contributed by atoms with Gasteiger partial charge in [0.1, 0.15) is 11.6 Å². The maximum absolute atomic E-state index is 7.51. The van der Waals surface area contributed by atoms with Crippen molar-refractivity contribution in [2.45, 2.75) is 12.8 Å². The average Bonchev–Trinajstić information content (AvgIpc) is 2.38. The lowest BCUT2D eigenvalue weighted by Gasteiger charge is -2.22. The Balaban J connectivity index is 2.01. The van der Waals surface area contributed by atoms with Crippen molar-refractivity contribution in [2.75, 3.05) is 19.8 Å². The fraction of sp³-hybridized carbons (Fsp3) is 0.462. The van der Waals surface area contributed by atoms with Gasteiger partial charge in [-0.3, -0.25) is 5.41 Å². The highest BCUT2D eigenvalue weighted by molar-refractivity contribution is 6.31. The zero-order valence-corrected chi connectivity index (χ0v) is 10.9. The van der Waals surface area contributed by atoms with Gasteiger partial charge in [0.05, 0.1) is 12.2 Å². The van der Waals surface area contributed by atoms with E-state index in [1.165, 1.54) is 0 Å². The van der Waals surface area contributed by atoms with Crippen molar-refractivity contribution < 1.29 is 9.47 Å². The lowest BCUT2D eigenvalue weighted by molar-refractivity contribution is 0.0497. The highest BCUT2D eigenvalue weighted by Gasteiger charge is 2.15. The average molecular weight is 269 g/mol. The van der Waals surface area contributed by atoms with Crippen molar-refractivity contribution in [3.63, 3.8) is 0 Å². The van der Waals surface area contributed by atoms with Gasteiger partial charge in [-0.1, -0.05) is 11.6 Å². The molecule has 1 saturated heterocycles. The Kier molecular flexibility index (Phi) is 4.44. The van der Waals surface area contributed by atoms with Gasteiger partial charge in [-0.2, -0.15) is 0 Å². The van der Waals surface area contributed by atoms with Crippen LogP contribution in [0.5, 0.6) is 5.75 Å². The van der Waals surface area contributed by atoms with Crippen LogP contribution < -0.4 is 10.5 Å². The first kappa shape index (κ1) is 13.2. The van der Waals surface area contributed by atoms with Crippen molar-refractivity contribution in [3.8, 4) is 5.75 Å². The minimum absolute atomic E-state index is 0.0283. The first-order valence-electron chi connectivity index (χ1n) is 6.01. The Morgan fingerprint density at radius 1 is 1.44 bits per heavy atom. The molecule has 1 heterocycles. The topological polar surface area (TPSA) is 68.3 Å². The summed E-state index contributed by atoms with van der Waals surface area (Å²) in [6, 6.07) is 5.16. The Morgan fingerprint density at radius 2 is 2.17 bits per heavy atom. The molecule has 3 N–H and O–H groups in total. The molecule has 1 aliphatic rings. The standard InChI is InChI=1S/C13H17ClN2O2/c14-10-1-2-12(11(7-10)13(15)16)18-8-9-3-5-17-6-4-9/h1-2,7,9H,3-6,8H2,(H3,15,16). The van der Waals surface area contributed by atoms with Gasteiger partial charge in [0.25, 0.3) is 0 Å². The number of hydrogen-bond donors (Lipinski definition) is 2. The minimum atomic E-state index is -0.0283. The quantitative estimate of drug-likeness (QED) is 0.651. The summed E-state index contributed by atoms with van der Waals surface area (Å²) >= 11 is 5.89. The van der Waals surface area contributed by atoms with Gasteiger partial charge < -0.3 is 15.2 Å². The summed E-state index contributed by atoms with van der Waals surface area (Å²) in [5.74, 6) is 1.10. The summed E-state index contributed by atoms with van der Waals surface area (Å²) in [4.78, 5) is 0. The molecule has 1 fully saturated rings. The van der Waals surface area contributed by atoms with Gasteiger partial charge >= 0.3 is 0 Å². The second-order valence-corrected chi connectivity index (χ2v) is 4.86. The van der Waals surface area contributed by atoms with E-state index in [4.69, 9.17) is 32.2 Å². The molecule has 0 atom stereocenters. The molecule has 1 aliphatic heterocycles. The van der Waals surface area contributed by atoms with Crippen LogP contribution in [0.25, 0.3) is 0 Å². The van der Waals surface area contributed by atoms with E-state index in [1.54, 1.807) is 18.2 Å². The summed E-state index contributed by atoms with van der Waals surface area (Å²) in [6.45, 7) is 2.23.